The molecule has 0 atom stereocenters. The highest BCUT2D eigenvalue weighted by Gasteiger charge is 2.26. The van der Waals surface area contributed by atoms with Gasteiger partial charge in [-0.05, 0) is 49.8 Å². The number of aryl methyl sites for hydroxylation is 1. The highest BCUT2D eigenvalue weighted by atomic mass is 16.2. The summed E-state index contributed by atoms with van der Waals surface area (Å²) in [6, 6.07) is 5.46. The van der Waals surface area contributed by atoms with Crippen molar-refractivity contribution in [3.05, 3.63) is 29.3 Å². The summed E-state index contributed by atoms with van der Waals surface area (Å²) in [5, 5.41) is 0. The average Bonchev–Trinajstić information content (AvgIpc) is 2.97. The maximum Gasteiger partial charge on any atom is 0.254 e. The van der Waals surface area contributed by atoms with Crippen LogP contribution in [0.5, 0.6) is 0 Å². The zero-order valence-electron chi connectivity index (χ0n) is 15.2. The molecule has 1 saturated heterocycles. The third kappa shape index (κ3) is 4.33. The van der Waals surface area contributed by atoms with Crippen molar-refractivity contribution in [3.8, 4) is 0 Å². The van der Waals surface area contributed by atoms with Gasteiger partial charge in [-0.3, -0.25) is 9.59 Å². The Bertz CT molecular complexity index is 638. The molecule has 1 aromatic rings. The monoisotopic (exact) mass is 343 g/mol. The van der Waals surface area contributed by atoms with Gasteiger partial charge < -0.3 is 15.5 Å². The summed E-state index contributed by atoms with van der Waals surface area (Å²) < 4.78 is 0. The molecule has 0 unspecified atom stereocenters. The zero-order valence-corrected chi connectivity index (χ0v) is 15.2. The van der Waals surface area contributed by atoms with E-state index in [-0.39, 0.29) is 11.8 Å². The fourth-order valence-corrected chi connectivity index (χ4v) is 4.00. The van der Waals surface area contributed by atoms with Crippen LogP contribution in [0.25, 0.3) is 0 Å². The number of nitrogen functional groups attached to an aromatic ring is 1. The summed E-state index contributed by atoms with van der Waals surface area (Å²) in [5.41, 5.74) is 8.06. The molecule has 1 heterocycles. The van der Waals surface area contributed by atoms with E-state index in [2.05, 4.69) is 0 Å². The number of rotatable bonds is 3. The zero-order chi connectivity index (χ0) is 17.8. The SMILES string of the molecule is Cc1ccc(N)cc1C(=O)N1CCCN(C(=O)CC2CCCC2)CC1. The van der Waals surface area contributed by atoms with Crippen LogP contribution in [0.15, 0.2) is 18.2 Å². The minimum Gasteiger partial charge on any atom is -0.399 e. The lowest BCUT2D eigenvalue weighted by molar-refractivity contribution is -0.132. The van der Waals surface area contributed by atoms with Crippen molar-refractivity contribution < 1.29 is 9.59 Å². The Morgan fingerprint density at radius 3 is 2.48 bits per heavy atom. The van der Waals surface area contributed by atoms with E-state index in [9.17, 15) is 9.59 Å². The number of hydrogen-bond donors (Lipinski definition) is 1. The van der Waals surface area contributed by atoms with Gasteiger partial charge in [0.1, 0.15) is 0 Å². The second-order valence-corrected chi connectivity index (χ2v) is 7.46. The molecule has 2 N–H and O–H groups in total. The Hall–Kier alpha value is -2.04. The van der Waals surface area contributed by atoms with Crippen LogP contribution in [0.2, 0.25) is 0 Å². The van der Waals surface area contributed by atoms with Crippen molar-refractivity contribution in [1.82, 2.24) is 9.80 Å². The third-order valence-electron chi connectivity index (χ3n) is 5.57. The average molecular weight is 343 g/mol. The minimum atomic E-state index is 0.0230. The number of nitrogens with two attached hydrogens (primary N) is 1. The summed E-state index contributed by atoms with van der Waals surface area (Å²) >= 11 is 0. The molecule has 0 spiro atoms. The first-order valence-corrected chi connectivity index (χ1v) is 9.48. The molecule has 2 aliphatic rings. The summed E-state index contributed by atoms with van der Waals surface area (Å²) in [6.45, 7) is 4.62. The maximum atomic E-state index is 12.8. The van der Waals surface area contributed by atoms with Crippen LogP contribution in [0.3, 0.4) is 0 Å². The first-order valence-electron chi connectivity index (χ1n) is 9.48. The normalized spacial score (nSPS) is 19.1. The predicted molar refractivity (Wildman–Crippen MR) is 99.3 cm³/mol. The fraction of sp³-hybridized carbons (Fsp3) is 0.600. The Morgan fingerprint density at radius 1 is 1.04 bits per heavy atom. The highest BCUT2D eigenvalue weighted by molar-refractivity contribution is 5.96. The van der Waals surface area contributed by atoms with E-state index in [1.54, 1.807) is 6.07 Å². The van der Waals surface area contributed by atoms with Crippen molar-refractivity contribution >= 4 is 17.5 Å². The summed E-state index contributed by atoms with van der Waals surface area (Å²) in [6.07, 6.45) is 6.43. The molecule has 5 nitrogen and oxygen atoms in total. The van der Waals surface area contributed by atoms with Crippen LogP contribution < -0.4 is 5.73 Å². The van der Waals surface area contributed by atoms with Crippen LogP contribution in [0.1, 0.15) is 54.4 Å². The topological polar surface area (TPSA) is 66.6 Å². The number of hydrogen-bond acceptors (Lipinski definition) is 3. The molecule has 0 radical (unpaired) electrons. The van der Waals surface area contributed by atoms with Crippen molar-refractivity contribution in [2.75, 3.05) is 31.9 Å². The summed E-state index contributed by atoms with van der Waals surface area (Å²) in [4.78, 5) is 29.2. The Kier molecular flexibility index (Phi) is 5.61. The van der Waals surface area contributed by atoms with Crippen molar-refractivity contribution in [3.63, 3.8) is 0 Å². The second kappa shape index (κ2) is 7.89. The molecule has 0 bridgehead atoms. The van der Waals surface area contributed by atoms with E-state index in [0.29, 0.717) is 43.2 Å². The quantitative estimate of drug-likeness (QED) is 0.858. The second-order valence-electron chi connectivity index (χ2n) is 7.46. The molecule has 0 aromatic heterocycles. The van der Waals surface area contributed by atoms with E-state index in [4.69, 9.17) is 5.73 Å². The van der Waals surface area contributed by atoms with Crippen molar-refractivity contribution in [2.45, 2.75) is 45.4 Å². The molecule has 1 aliphatic heterocycles. The van der Waals surface area contributed by atoms with Gasteiger partial charge in [-0.1, -0.05) is 18.9 Å². The molecule has 136 valence electrons. The summed E-state index contributed by atoms with van der Waals surface area (Å²) in [5.74, 6) is 0.861. The van der Waals surface area contributed by atoms with Crippen LogP contribution >= 0.6 is 0 Å². The molecule has 5 heteroatoms. The fourth-order valence-electron chi connectivity index (χ4n) is 4.00. The number of nitrogens with zero attached hydrogens (tertiary/aromatic N) is 2. The van der Waals surface area contributed by atoms with Gasteiger partial charge in [0.05, 0.1) is 0 Å². The molecule has 1 saturated carbocycles. The van der Waals surface area contributed by atoms with E-state index >= 15 is 0 Å². The van der Waals surface area contributed by atoms with Crippen LogP contribution in [0.4, 0.5) is 5.69 Å². The van der Waals surface area contributed by atoms with Gasteiger partial charge in [-0.2, -0.15) is 0 Å². The van der Waals surface area contributed by atoms with Crippen molar-refractivity contribution in [2.24, 2.45) is 5.92 Å². The van der Waals surface area contributed by atoms with Gasteiger partial charge in [-0.15, -0.1) is 0 Å². The van der Waals surface area contributed by atoms with E-state index in [1.165, 1.54) is 25.7 Å². The first-order chi connectivity index (χ1) is 12.0. The third-order valence-corrected chi connectivity index (χ3v) is 5.57. The van der Waals surface area contributed by atoms with E-state index < -0.39 is 0 Å². The van der Waals surface area contributed by atoms with Crippen LogP contribution in [0, 0.1) is 12.8 Å². The lowest BCUT2D eigenvalue weighted by Gasteiger charge is -2.24. The van der Waals surface area contributed by atoms with Gasteiger partial charge in [0.25, 0.3) is 5.91 Å². The standard InChI is InChI=1S/C20H29N3O2/c1-15-7-8-17(21)14-18(15)20(25)23-10-4-9-22(11-12-23)19(24)13-16-5-2-3-6-16/h7-8,14,16H,2-6,9-13,21H2,1H3. The first kappa shape index (κ1) is 17.8. The maximum absolute atomic E-state index is 12.8. The minimum absolute atomic E-state index is 0.0230. The number of amides is 2. The lowest BCUT2D eigenvalue weighted by atomic mass is 10.0. The van der Waals surface area contributed by atoms with E-state index in [1.807, 2.05) is 28.9 Å². The van der Waals surface area contributed by atoms with Crippen molar-refractivity contribution in [1.29, 1.82) is 0 Å². The van der Waals surface area contributed by atoms with E-state index in [0.717, 1.165) is 18.5 Å². The van der Waals surface area contributed by atoms with Gasteiger partial charge in [0, 0.05) is 43.9 Å². The van der Waals surface area contributed by atoms with Gasteiger partial charge >= 0.3 is 0 Å². The smallest absolute Gasteiger partial charge is 0.254 e. The molecule has 25 heavy (non-hydrogen) atoms. The molecule has 2 amide bonds. The van der Waals surface area contributed by atoms with Gasteiger partial charge in [0.2, 0.25) is 5.91 Å². The predicted octanol–water partition coefficient (Wildman–Crippen LogP) is 2.83. The molecule has 2 fully saturated rings. The number of anilines is 1. The largest absolute Gasteiger partial charge is 0.399 e. The molecular formula is C20H29N3O2. The van der Waals surface area contributed by atoms with Gasteiger partial charge in [-0.25, -0.2) is 0 Å². The van der Waals surface area contributed by atoms with Crippen LogP contribution in [-0.4, -0.2) is 47.8 Å². The number of carbonyl (C=O) groups excluding carboxylic acids is 2. The lowest BCUT2D eigenvalue weighted by Crippen LogP contribution is -2.38. The van der Waals surface area contributed by atoms with Crippen LogP contribution in [-0.2, 0) is 4.79 Å². The number of benzene rings is 1. The molecule has 3 rings (SSSR count). The molecular weight excluding hydrogens is 314 g/mol. The summed E-state index contributed by atoms with van der Waals surface area (Å²) in [7, 11) is 0. The Labute approximate surface area is 150 Å². The molecule has 1 aliphatic carbocycles. The number of carbonyl (C=O) groups is 2. The Morgan fingerprint density at radius 2 is 1.72 bits per heavy atom. The highest BCUT2D eigenvalue weighted by Crippen LogP contribution is 2.28. The Balaban J connectivity index is 1.60. The van der Waals surface area contributed by atoms with Gasteiger partial charge in [0.15, 0.2) is 0 Å². The molecule has 1 aromatic carbocycles.